The van der Waals surface area contributed by atoms with Crippen LogP contribution < -0.4 is 0 Å². The van der Waals surface area contributed by atoms with E-state index in [1.165, 1.54) is 0 Å². The van der Waals surface area contributed by atoms with E-state index in [4.69, 9.17) is 4.74 Å². The molecular weight excluding hydrogens is 330 g/mol. The lowest BCUT2D eigenvalue weighted by Crippen LogP contribution is -2.42. The van der Waals surface area contributed by atoms with Crippen LogP contribution in [0, 0.1) is 6.92 Å². The van der Waals surface area contributed by atoms with Crippen molar-refractivity contribution >= 4 is 5.91 Å². The first kappa shape index (κ1) is 16.4. The lowest BCUT2D eigenvalue weighted by molar-refractivity contribution is -0.0228. The molecule has 7 heteroatoms. The van der Waals surface area contributed by atoms with Crippen LogP contribution in [0.3, 0.4) is 0 Å². The monoisotopic (exact) mass is 349 g/mol. The summed E-state index contributed by atoms with van der Waals surface area (Å²) < 4.78 is 7.51. The molecule has 0 N–H and O–H groups in total. The molecule has 0 bridgehead atoms. The van der Waals surface area contributed by atoms with Crippen molar-refractivity contribution in [2.75, 3.05) is 19.7 Å². The number of carbonyl (C=O) groups excluding carboxylic acids is 1. The number of pyridine rings is 2. The summed E-state index contributed by atoms with van der Waals surface area (Å²) in [5.74, 6) is 0.641. The third-order valence-electron chi connectivity index (χ3n) is 4.38. The fourth-order valence-corrected chi connectivity index (χ4v) is 3.04. The summed E-state index contributed by atoms with van der Waals surface area (Å²) in [7, 11) is 0. The van der Waals surface area contributed by atoms with E-state index in [-0.39, 0.29) is 12.0 Å². The molecule has 3 aromatic rings. The zero-order valence-electron chi connectivity index (χ0n) is 14.4. The van der Waals surface area contributed by atoms with E-state index in [1.54, 1.807) is 35.4 Å². The second kappa shape index (κ2) is 7.05. The SMILES string of the molecule is Cc1cc([C@H]2CN(C(=O)c3ccc(-n4cccn4)nc3)CCO2)ccn1. The van der Waals surface area contributed by atoms with Gasteiger partial charge in [-0.2, -0.15) is 5.10 Å². The standard InChI is InChI=1S/C19H19N5O2/c1-14-11-15(5-7-20-14)17-13-23(9-10-26-17)19(25)16-3-4-18(21-12-16)24-8-2-6-22-24/h2-8,11-12,17H,9-10,13H2,1H3/t17-/m1/s1. The quantitative estimate of drug-likeness (QED) is 0.725. The Morgan fingerprint density at radius 2 is 2.15 bits per heavy atom. The van der Waals surface area contributed by atoms with Crippen molar-refractivity contribution in [1.29, 1.82) is 0 Å². The summed E-state index contributed by atoms with van der Waals surface area (Å²) in [4.78, 5) is 23.2. The number of aromatic nitrogens is 4. The smallest absolute Gasteiger partial charge is 0.255 e. The largest absolute Gasteiger partial charge is 0.370 e. The maximum Gasteiger partial charge on any atom is 0.255 e. The normalized spacial score (nSPS) is 17.3. The molecule has 0 radical (unpaired) electrons. The number of morpholine rings is 1. The van der Waals surface area contributed by atoms with E-state index >= 15 is 0 Å². The van der Waals surface area contributed by atoms with Gasteiger partial charge in [-0.15, -0.1) is 0 Å². The lowest BCUT2D eigenvalue weighted by Gasteiger charge is -2.33. The first-order valence-electron chi connectivity index (χ1n) is 8.50. The molecule has 1 aliphatic rings. The molecule has 1 saturated heterocycles. The van der Waals surface area contributed by atoms with Crippen LogP contribution in [0.2, 0.25) is 0 Å². The van der Waals surface area contributed by atoms with Gasteiger partial charge in [0.15, 0.2) is 5.82 Å². The molecule has 1 aliphatic heterocycles. The first-order chi connectivity index (χ1) is 12.7. The van der Waals surface area contributed by atoms with Crippen molar-refractivity contribution in [3.63, 3.8) is 0 Å². The number of hydrogen-bond acceptors (Lipinski definition) is 5. The van der Waals surface area contributed by atoms with E-state index < -0.39 is 0 Å². The van der Waals surface area contributed by atoms with E-state index in [1.807, 2.05) is 36.2 Å². The minimum atomic E-state index is -0.134. The van der Waals surface area contributed by atoms with E-state index in [0.717, 1.165) is 11.3 Å². The topological polar surface area (TPSA) is 73.1 Å². The summed E-state index contributed by atoms with van der Waals surface area (Å²) in [6, 6.07) is 9.35. The molecule has 0 aliphatic carbocycles. The Kier molecular flexibility index (Phi) is 4.45. The summed E-state index contributed by atoms with van der Waals surface area (Å²) in [6.45, 7) is 3.54. The maximum atomic E-state index is 12.8. The molecule has 4 rings (SSSR count). The molecule has 7 nitrogen and oxygen atoms in total. The molecule has 26 heavy (non-hydrogen) atoms. The van der Waals surface area contributed by atoms with Crippen LogP contribution in [0.25, 0.3) is 5.82 Å². The van der Waals surface area contributed by atoms with Gasteiger partial charge in [-0.3, -0.25) is 9.78 Å². The van der Waals surface area contributed by atoms with Crippen molar-refractivity contribution in [2.24, 2.45) is 0 Å². The van der Waals surface area contributed by atoms with Crippen LogP contribution in [0.5, 0.6) is 0 Å². The number of ether oxygens (including phenoxy) is 1. The highest BCUT2D eigenvalue weighted by atomic mass is 16.5. The molecule has 4 heterocycles. The second-order valence-electron chi connectivity index (χ2n) is 6.20. The molecule has 0 aromatic carbocycles. The fraction of sp³-hybridized carbons (Fsp3) is 0.263. The molecule has 0 spiro atoms. The van der Waals surface area contributed by atoms with E-state index in [0.29, 0.717) is 31.1 Å². The number of hydrogen-bond donors (Lipinski definition) is 0. The van der Waals surface area contributed by atoms with Crippen molar-refractivity contribution in [1.82, 2.24) is 24.6 Å². The van der Waals surface area contributed by atoms with Gasteiger partial charge in [-0.1, -0.05) is 0 Å². The van der Waals surface area contributed by atoms with Crippen molar-refractivity contribution in [3.8, 4) is 5.82 Å². The molecule has 1 fully saturated rings. The Morgan fingerprint density at radius 3 is 2.88 bits per heavy atom. The van der Waals surface area contributed by atoms with Crippen LogP contribution in [-0.2, 0) is 4.74 Å². The number of rotatable bonds is 3. The summed E-state index contributed by atoms with van der Waals surface area (Å²) in [5.41, 5.74) is 2.54. The van der Waals surface area contributed by atoms with E-state index in [2.05, 4.69) is 15.1 Å². The highest BCUT2D eigenvalue weighted by Gasteiger charge is 2.26. The van der Waals surface area contributed by atoms with Gasteiger partial charge in [0.05, 0.1) is 18.7 Å². The number of aryl methyl sites for hydroxylation is 1. The second-order valence-corrected chi connectivity index (χ2v) is 6.20. The average molecular weight is 349 g/mol. The maximum absolute atomic E-state index is 12.8. The number of carbonyl (C=O) groups is 1. The van der Waals surface area contributed by atoms with Crippen LogP contribution >= 0.6 is 0 Å². The van der Waals surface area contributed by atoms with Gasteiger partial charge in [0.25, 0.3) is 5.91 Å². The average Bonchev–Trinajstić information content (AvgIpc) is 3.22. The molecule has 1 amide bonds. The highest BCUT2D eigenvalue weighted by molar-refractivity contribution is 5.94. The molecule has 0 unspecified atom stereocenters. The predicted octanol–water partition coefficient (Wildman–Crippen LogP) is 2.18. The summed E-state index contributed by atoms with van der Waals surface area (Å²) >= 11 is 0. The van der Waals surface area contributed by atoms with Gasteiger partial charge < -0.3 is 9.64 Å². The van der Waals surface area contributed by atoms with Gasteiger partial charge in [-0.25, -0.2) is 9.67 Å². The summed E-state index contributed by atoms with van der Waals surface area (Å²) in [6.07, 6.45) is 6.74. The van der Waals surface area contributed by atoms with Crippen LogP contribution in [0.4, 0.5) is 0 Å². The van der Waals surface area contributed by atoms with E-state index in [9.17, 15) is 4.79 Å². The Morgan fingerprint density at radius 1 is 1.23 bits per heavy atom. The highest BCUT2D eigenvalue weighted by Crippen LogP contribution is 2.23. The Balaban J connectivity index is 1.49. The van der Waals surface area contributed by atoms with Crippen molar-refractivity contribution in [2.45, 2.75) is 13.0 Å². The van der Waals surface area contributed by atoms with Gasteiger partial charge in [0, 0.05) is 37.0 Å². The van der Waals surface area contributed by atoms with Gasteiger partial charge in [-0.05, 0) is 42.8 Å². The Hall–Kier alpha value is -3.06. The van der Waals surface area contributed by atoms with Gasteiger partial charge in [0.1, 0.15) is 6.10 Å². The zero-order chi connectivity index (χ0) is 17.9. The van der Waals surface area contributed by atoms with Crippen molar-refractivity contribution in [3.05, 3.63) is 71.9 Å². The minimum Gasteiger partial charge on any atom is -0.370 e. The third-order valence-corrected chi connectivity index (χ3v) is 4.38. The van der Waals surface area contributed by atoms with Crippen molar-refractivity contribution < 1.29 is 9.53 Å². The first-order valence-corrected chi connectivity index (χ1v) is 8.50. The van der Waals surface area contributed by atoms with Crippen LogP contribution in [-0.4, -0.2) is 50.3 Å². The molecular formula is C19H19N5O2. The third kappa shape index (κ3) is 3.34. The van der Waals surface area contributed by atoms with Gasteiger partial charge >= 0.3 is 0 Å². The summed E-state index contributed by atoms with van der Waals surface area (Å²) in [5, 5.41) is 4.14. The predicted molar refractivity (Wildman–Crippen MR) is 94.9 cm³/mol. The molecule has 0 saturated carbocycles. The number of amides is 1. The Bertz CT molecular complexity index is 893. The van der Waals surface area contributed by atoms with Gasteiger partial charge in [0.2, 0.25) is 0 Å². The Labute approximate surface area is 151 Å². The molecule has 3 aromatic heterocycles. The van der Waals surface area contributed by atoms with Crippen LogP contribution in [0.15, 0.2) is 55.1 Å². The lowest BCUT2D eigenvalue weighted by atomic mass is 10.1. The number of nitrogens with zero attached hydrogens (tertiary/aromatic N) is 5. The fourth-order valence-electron chi connectivity index (χ4n) is 3.04. The molecule has 1 atom stereocenters. The zero-order valence-corrected chi connectivity index (χ0v) is 14.4. The van der Waals surface area contributed by atoms with Crippen LogP contribution in [0.1, 0.15) is 27.7 Å². The molecule has 132 valence electrons. The minimum absolute atomic E-state index is 0.0383.